The van der Waals surface area contributed by atoms with Crippen LogP contribution < -0.4 is 5.32 Å². The molecule has 0 radical (unpaired) electrons. The minimum absolute atomic E-state index is 0.0196. The highest BCUT2D eigenvalue weighted by atomic mass is 32.2. The highest BCUT2D eigenvalue weighted by Crippen LogP contribution is 2.30. The summed E-state index contributed by atoms with van der Waals surface area (Å²) in [6.45, 7) is 3.98. The number of benzene rings is 2. The van der Waals surface area contributed by atoms with Crippen molar-refractivity contribution in [2.75, 3.05) is 0 Å². The molecule has 1 N–H and O–H groups in total. The topological polar surface area (TPSA) is 103 Å². The van der Waals surface area contributed by atoms with Gasteiger partial charge in [-0.3, -0.25) is 19.5 Å². The van der Waals surface area contributed by atoms with Gasteiger partial charge in [-0.25, -0.2) is 0 Å². The summed E-state index contributed by atoms with van der Waals surface area (Å²) in [5.41, 5.74) is 3.14. The minimum atomic E-state index is -0.419. The molecule has 3 aromatic rings. The van der Waals surface area contributed by atoms with Gasteiger partial charge in [0.2, 0.25) is 5.91 Å². The van der Waals surface area contributed by atoms with Crippen LogP contribution in [0.3, 0.4) is 0 Å². The minimum Gasteiger partial charge on any atom is -0.346 e. The number of carbonyl (C=O) groups is 1. The van der Waals surface area contributed by atoms with Crippen LogP contribution in [0.25, 0.3) is 5.69 Å². The molecule has 0 bridgehead atoms. The Labute approximate surface area is 203 Å². The number of hydrogen-bond acceptors (Lipinski definition) is 6. The fourth-order valence-electron chi connectivity index (χ4n) is 4.30. The van der Waals surface area contributed by atoms with Crippen molar-refractivity contribution in [3.8, 4) is 5.69 Å². The van der Waals surface area contributed by atoms with Gasteiger partial charge in [0.05, 0.1) is 11.0 Å². The van der Waals surface area contributed by atoms with E-state index in [1.165, 1.54) is 29.7 Å². The van der Waals surface area contributed by atoms with Crippen LogP contribution in [0.4, 0.5) is 5.69 Å². The molecule has 1 aromatic heterocycles. The Morgan fingerprint density at radius 2 is 1.85 bits per heavy atom. The molecule has 1 aliphatic carbocycles. The van der Waals surface area contributed by atoms with E-state index in [-0.39, 0.29) is 23.6 Å². The second-order valence-electron chi connectivity index (χ2n) is 8.73. The molecule has 9 heteroatoms. The van der Waals surface area contributed by atoms with Crippen molar-refractivity contribution in [3.05, 3.63) is 75.6 Å². The molecule has 2 aromatic carbocycles. The van der Waals surface area contributed by atoms with Crippen molar-refractivity contribution in [1.82, 2.24) is 20.1 Å². The van der Waals surface area contributed by atoms with E-state index < -0.39 is 4.92 Å². The van der Waals surface area contributed by atoms with Crippen molar-refractivity contribution in [3.63, 3.8) is 0 Å². The number of nitrogens with one attached hydrogen (secondary N) is 1. The average molecular weight is 480 g/mol. The lowest BCUT2D eigenvalue weighted by atomic mass is 9.88. The number of nitrogens with zero attached hydrogens (tertiary/aromatic N) is 4. The number of amides is 1. The average Bonchev–Trinajstić information content (AvgIpc) is 3.28. The van der Waals surface area contributed by atoms with E-state index >= 15 is 0 Å². The van der Waals surface area contributed by atoms with E-state index in [1.54, 1.807) is 23.9 Å². The third-order valence-electron chi connectivity index (χ3n) is 6.32. The van der Waals surface area contributed by atoms with Crippen molar-refractivity contribution < 1.29 is 9.72 Å². The van der Waals surface area contributed by atoms with Crippen LogP contribution in [0.15, 0.2) is 53.7 Å². The Hall–Kier alpha value is -3.20. The van der Waals surface area contributed by atoms with Crippen LogP contribution in [0, 0.1) is 23.0 Å². The zero-order valence-corrected chi connectivity index (χ0v) is 20.3. The molecule has 1 unspecified atom stereocenters. The maximum atomic E-state index is 12.9. The molecular formula is C25H29N5O3S. The second-order valence-corrected chi connectivity index (χ2v) is 9.67. The number of thioether (sulfide) groups is 1. The van der Waals surface area contributed by atoms with Crippen LogP contribution in [0.2, 0.25) is 0 Å². The Morgan fingerprint density at radius 3 is 2.53 bits per heavy atom. The highest BCUT2D eigenvalue weighted by Gasteiger charge is 2.26. The number of hydrogen-bond donors (Lipinski definition) is 1. The molecule has 1 fully saturated rings. The summed E-state index contributed by atoms with van der Waals surface area (Å²) in [6, 6.07) is 14.2. The lowest BCUT2D eigenvalue weighted by Gasteiger charge is -2.23. The number of aromatic nitrogens is 3. The molecule has 0 spiro atoms. The lowest BCUT2D eigenvalue weighted by molar-refractivity contribution is -0.384. The van der Waals surface area contributed by atoms with Gasteiger partial charge in [-0.05, 0) is 49.9 Å². The summed E-state index contributed by atoms with van der Waals surface area (Å²) in [5.74, 6) is 1.41. The van der Waals surface area contributed by atoms with Crippen molar-refractivity contribution >= 4 is 23.4 Å². The number of nitro groups is 1. The SMILES string of the molecule is Cc1ccccc1CSc1nnc(C(C)NC(=O)C2CCCCC2)n1-c1ccc([N+](=O)[O-])cc1. The van der Waals surface area contributed by atoms with Gasteiger partial charge in [0.15, 0.2) is 11.0 Å². The van der Waals surface area contributed by atoms with Gasteiger partial charge in [-0.2, -0.15) is 0 Å². The predicted octanol–water partition coefficient (Wildman–Crippen LogP) is 5.53. The summed E-state index contributed by atoms with van der Waals surface area (Å²) >= 11 is 1.55. The fourth-order valence-corrected chi connectivity index (χ4v) is 5.33. The molecule has 1 atom stereocenters. The molecule has 1 saturated carbocycles. The molecule has 178 valence electrons. The second kappa shape index (κ2) is 10.8. The van der Waals surface area contributed by atoms with E-state index in [1.807, 2.05) is 23.6 Å². The first-order valence-corrected chi connectivity index (χ1v) is 12.6. The molecule has 0 saturated heterocycles. The summed E-state index contributed by atoms with van der Waals surface area (Å²) < 4.78 is 1.89. The van der Waals surface area contributed by atoms with Gasteiger partial charge in [0, 0.05) is 29.5 Å². The van der Waals surface area contributed by atoms with E-state index in [0.29, 0.717) is 16.7 Å². The Bertz CT molecular complexity index is 1160. The summed E-state index contributed by atoms with van der Waals surface area (Å²) in [4.78, 5) is 23.6. The molecular weight excluding hydrogens is 450 g/mol. The summed E-state index contributed by atoms with van der Waals surface area (Å²) in [6.07, 6.45) is 5.21. The molecule has 1 amide bonds. The van der Waals surface area contributed by atoms with Crippen LogP contribution in [-0.2, 0) is 10.5 Å². The van der Waals surface area contributed by atoms with Gasteiger partial charge in [-0.15, -0.1) is 10.2 Å². The largest absolute Gasteiger partial charge is 0.346 e. The number of nitro benzene ring substituents is 1. The first-order chi connectivity index (χ1) is 16.4. The maximum absolute atomic E-state index is 12.9. The standard InChI is InChI=1S/C25H29N5O3S/c1-17-8-6-7-11-20(17)16-34-25-28-27-23(18(2)26-24(31)19-9-4-3-5-10-19)29(25)21-12-14-22(15-13-21)30(32)33/h6-8,11-15,18-19H,3-5,9-10,16H2,1-2H3,(H,26,31). The van der Waals surface area contributed by atoms with Gasteiger partial charge < -0.3 is 5.32 Å². The van der Waals surface area contributed by atoms with Crippen LogP contribution in [-0.4, -0.2) is 25.6 Å². The predicted molar refractivity (Wildman–Crippen MR) is 132 cm³/mol. The van der Waals surface area contributed by atoms with Gasteiger partial charge in [0.25, 0.3) is 5.69 Å². The number of aryl methyl sites for hydroxylation is 1. The van der Waals surface area contributed by atoms with Crippen molar-refractivity contribution in [2.45, 2.75) is 62.9 Å². The smallest absolute Gasteiger partial charge is 0.269 e. The van der Waals surface area contributed by atoms with Gasteiger partial charge >= 0.3 is 0 Å². The monoisotopic (exact) mass is 479 g/mol. The van der Waals surface area contributed by atoms with Gasteiger partial charge in [0.1, 0.15) is 0 Å². The Balaban J connectivity index is 1.61. The highest BCUT2D eigenvalue weighted by molar-refractivity contribution is 7.98. The van der Waals surface area contributed by atoms with E-state index in [9.17, 15) is 14.9 Å². The number of non-ortho nitro benzene ring substituents is 1. The van der Waals surface area contributed by atoms with Crippen molar-refractivity contribution in [2.24, 2.45) is 5.92 Å². The normalized spacial score (nSPS) is 15.1. The molecule has 8 nitrogen and oxygen atoms in total. The van der Waals surface area contributed by atoms with E-state index in [2.05, 4.69) is 34.6 Å². The Kier molecular flexibility index (Phi) is 7.62. The molecule has 1 heterocycles. The fraction of sp³-hybridized carbons (Fsp3) is 0.400. The van der Waals surface area contributed by atoms with E-state index in [0.717, 1.165) is 31.4 Å². The first-order valence-electron chi connectivity index (χ1n) is 11.6. The molecule has 34 heavy (non-hydrogen) atoms. The number of carbonyl (C=O) groups excluding carboxylic acids is 1. The van der Waals surface area contributed by atoms with Crippen molar-refractivity contribution in [1.29, 1.82) is 0 Å². The number of rotatable bonds is 8. The summed E-state index contributed by atoms with van der Waals surface area (Å²) in [5, 5.41) is 23.8. The zero-order valence-electron chi connectivity index (χ0n) is 19.4. The van der Waals surface area contributed by atoms with Crippen LogP contribution in [0.1, 0.15) is 62.0 Å². The quantitative estimate of drug-likeness (QED) is 0.259. The van der Waals surface area contributed by atoms with Crippen LogP contribution in [0.5, 0.6) is 0 Å². The van der Waals surface area contributed by atoms with Gasteiger partial charge in [-0.1, -0.05) is 55.3 Å². The molecule has 4 rings (SSSR count). The first kappa shape index (κ1) is 23.9. The van der Waals surface area contributed by atoms with E-state index in [4.69, 9.17) is 0 Å². The maximum Gasteiger partial charge on any atom is 0.269 e. The van der Waals surface area contributed by atoms with Crippen LogP contribution >= 0.6 is 11.8 Å². The molecule has 0 aliphatic heterocycles. The third kappa shape index (κ3) is 5.47. The Morgan fingerprint density at radius 1 is 1.15 bits per heavy atom. The summed E-state index contributed by atoms with van der Waals surface area (Å²) in [7, 11) is 0. The zero-order chi connectivity index (χ0) is 24.1. The lowest BCUT2D eigenvalue weighted by Crippen LogP contribution is -2.34. The molecule has 1 aliphatic rings. The third-order valence-corrected chi connectivity index (χ3v) is 7.29.